The van der Waals surface area contributed by atoms with Crippen molar-refractivity contribution in [2.75, 3.05) is 0 Å². The molecule has 0 aromatic heterocycles. The number of hydrogen-bond acceptors (Lipinski definition) is 3. The lowest BCUT2D eigenvalue weighted by molar-refractivity contribution is -0.145. The Labute approximate surface area is 103 Å². The quantitative estimate of drug-likeness (QED) is 0.870. The molecule has 1 unspecified atom stereocenters. The van der Waals surface area contributed by atoms with E-state index in [2.05, 4.69) is 15.9 Å². The zero-order valence-corrected chi connectivity index (χ0v) is 10.5. The summed E-state index contributed by atoms with van der Waals surface area (Å²) in [4.78, 5) is 10.8. The fraction of sp³-hybridized carbons (Fsp3) is 0.364. The van der Waals surface area contributed by atoms with Gasteiger partial charge in [0, 0.05) is 16.6 Å². The molecule has 5 heteroatoms. The van der Waals surface area contributed by atoms with Crippen molar-refractivity contribution in [3.8, 4) is 5.75 Å². The predicted molar refractivity (Wildman–Crippen MR) is 64.4 cm³/mol. The maximum atomic E-state index is 10.8. The van der Waals surface area contributed by atoms with Gasteiger partial charge in [0.05, 0.1) is 0 Å². The third kappa shape index (κ3) is 3.21. The van der Waals surface area contributed by atoms with E-state index in [0.717, 1.165) is 10.0 Å². The molecule has 16 heavy (non-hydrogen) atoms. The minimum absolute atomic E-state index is 0.310. The highest BCUT2D eigenvalue weighted by Gasteiger charge is 2.18. The van der Waals surface area contributed by atoms with E-state index < -0.39 is 12.1 Å². The van der Waals surface area contributed by atoms with Crippen LogP contribution in [0.3, 0.4) is 0 Å². The van der Waals surface area contributed by atoms with Crippen molar-refractivity contribution in [3.05, 3.63) is 28.2 Å². The van der Waals surface area contributed by atoms with Gasteiger partial charge in [-0.25, -0.2) is 4.79 Å². The third-order valence-electron chi connectivity index (χ3n) is 2.16. The van der Waals surface area contributed by atoms with Gasteiger partial charge in [-0.3, -0.25) is 0 Å². The second-order valence-electron chi connectivity index (χ2n) is 3.31. The first-order valence-electron chi connectivity index (χ1n) is 4.96. The highest BCUT2D eigenvalue weighted by Crippen LogP contribution is 2.24. The van der Waals surface area contributed by atoms with E-state index in [-0.39, 0.29) is 0 Å². The van der Waals surface area contributed by atoms with Crippen molar-refractivity contribution >= 4 is 21.9 Å². The van der Waals surface area contributed by atoms with Gasteiger partial charge in [0.15, 0.2) is 6.10 Å². The number of aliphatic carboxylic acids is 1. The Morgan fingerprint density at radius 3 is 2.81 bits per heavy atom. The van der Waals surface area contributed by atoms with Gasteiger partial charge in [-0.2, -0.15) is 0 Å². The molecule has 0 fully saturated rings. The average Bonchev–Trinajstić information content (AvgIpc) is 2.26. The lowest BCUT2D eigenvalue weighted by Gasteiger charge is -2.15. The smallest absolute Gasteiger partial charge is 0.344 e. The van der Waals surface area contributed by atoms with Crippen molar-refractivity contribution in [2.24, 2.45) is 5.73 Å². The third-order valence-corrected chi connectivity index (χ3v) is 2.65. The summed E-state index contributed by atoms with van der Waals surface area (Å²) in [5.74, 6) is -0.437. The number of hydrogen-bond donors (Lipinski definition) is 2. The van der Waals surface area contributed by atoms with Gasteiger partial charge in [-0.15, -0.1) is 0 Å². The molecular formula is C11H14BrNO3. The van der Waals surface area contributed by atoms with Crippen LogP contribution in [0.2, 0.25) is 0 Å². The Hall–Kier alpha value is -1.07. The molecular weight excluding hydrogens is 274 g/mol. The zero-order chi connectivity index (χ0) is 12.1. The summed E-state index contributed by atoms with van der Waals surface area (Å²) < 4.78 is 6.29. The molecule has 0 aliphatic rings. The Kier molecular flexibility index (Phi) is 4.76. The molecule has 0 saturated heterocycles. The van der Waals surface area contributed by atoms with Gasteiger partial charge in [-0.05, 0) is 24.6 Å². The molecule has 0 radical (unpaired) electrons. The largest absolute Gasteiger partial charge is 0.479 e. The Morgan fingerprint density at radius 1 is 1.62 bits per heavy atom. The number of carboxylic acids is 1. The molecule has 0 spiro atoms. The van der Waals surface area contributed by atoms with Crippen LogP contribution in [-0.4, -0.2) is 17.2 Å². The summed E-state index contributed by atoms with van der Waals surface area (Å²) in [6, 6.07) is 5.34. The van der Waals surface area contributed by atoms with Crippen LogP contribution in [0.4, 0.5) is 0 Å². The molecule has 0 aliphatic carbocycles. The van der Waals surface area contributed by atoms with Crippen molar-refractivity contribution in [1.82, 2.24) is 0 Å². The highest BCUT2D eigenvalue weighted by molar-refractivity contribution is 9.10. The van der Waals surface area contributed by atoms with Gasteiger partial charge >= 0.3 is 5.97 Å². The van der Waals surface area contributed by atoms with E-state index in [9.17, 15) is 4.79 Å². The summed E-state index contributed by atoms with van der Waals surface area (Å²) in [6.07, 6.45) is -0.415. The molecule has 4 nitrogen and oxygen atoms in total. The molecule has 3 N–H and O–H groups in total. The molecule has 88 valence electrons. The maximum Gasteiger partial charge on any atom is 0.344 e. The van der Waals surface area contributed by atoms with Crippen LogP contribution in [0.25, 0.3) is 0 Å². The van der Waals surface area contributed by atoms with Gasteiger partial charge in [0.2, 0.25) is 0 Å². The summed E-state index contributed by atoms with van der Waals surface area (Å²) >= 11 is 3.32. The summed E-state index contributed by atoms with van der Waals surface area (Å²) in [5.41, 5.74) is 6.35. The molecule has 1 atom stereocenters. The van der Waals surface area contributed by atoms with E-state index >= 15 is 0 Å². The standard InChI is InChI=1S/C11H14BrNO3/c1-2-9(11(14)15)16-10-4-3-8(12)5-7(10)6-13/h3-5,9H,2,6,13H2,1H3,(H,14,15). The topological polar surface area (TPSA) is 72.5 Å². The van der Waals surface area contributed by atoms with Gasteiger partial charge in [0.1, 0.15) is 5.75 Å². The van der Waals surface area contributed by atoms with Crippen molar-refractivity contribution in [3.63, 3.8) is 0 Å². The Morgan fingerprint density at radius 2 is 2.31 bits per heavy atom. The summed E-state index contributed by atoms with van der Waals surface area (Å²) in [5, 5.41) is 8.89. The summed E-state index contributed by atoms with van der Waals surface area (Å²) in [7, 11) is 0. The first-order valence-corrected chi connectivity index (χ1v) is 5.75. The van der Waals surface area contributed by atoms with Crippen LogP contribution >= 0.6 is 15.9 Å². The number of ether oxygens (including phenoxy) is 1. The van der Waals surface area contributed by atoms with Crippen molar-refractivity contribution in [2.45, 2.75) is 26.0 Å². The Bertz CT molecular complexity index is 381. The van der Waals surface area contributed by atoms with Crippen LogP contribution in [0.1, 0.15) is 18.9 Å². The van der Waals surface area contributed by atoms with Gasteiger partial charge in [-0.1, -0.05) is 22.9 Å². The molecule has 1 aromatic rings. The van der Waals surface area contributed by atoms with Gasteiger partial charge in [0.25, 0.3) is 0 Å². The van der Waals surface area contributed by atoms with E-state index in [1.807, 2.05) is 6.07 Å². The van der Waals surface area contributed by atoms with Gasteiger partial charge < -0.3 is 15.6 Å². The number of carboxylic acid groups (broad SMARTS) is 1. The monoisotopic (exact) mass is 287 g/mol. The van der Waals surface area contributed by atoms with Crippen LogP contribution in [-0.2, 0) is 11.3 Å². The normalized spacial score (nSPS) is 12.2. The number of rotatable bonds is 5. The second-order valence-corrected chi connectivity index (χ2v) is 4.22. The molecule has 0 saturated carbocycles. The van der Waals surface area contributed by atoms with E-state index in [1.54, 1.807) is 19.1 Å². The maximum absolute atomic E-state index is 10.8. The number of carbonyl (C=O) groups is 1. The fourth-order valence-electron chi connectivity index (χ4n) is 1.28. The lowest BCUT2D eigenvalue weighted by Crippen LogP contribution is -2.26. The molecule has 1 aromatic carbocycles. The Balaban J connectivity index is 2.91. The summed E-state index contributed by atoms with van der Waals surface area (Å²) in [6.45, 7) is 2.07. The second kappa shape index (κ2) is 5.86. The molecule has 0 amide bonds. The van der Waals surface area contributed by atoms with Crippen LogP contribution in [0.5, 0.6) is 5.75 Å². The first-order chi connectivity index (χ1) is 7.58. The average molecular weight is 288 g/mol. The van der Waals surface area contributed by atoms with Crippen LogP contribution in [0, 0.1) is 0 Å². The zero-order valence-electron chi connectivity index (χ0n) is 8.94. The molecule has 0 bridgehead atoms. The van der Waals surface area contributed by atoms with Crippen molar-refractivity contribution < 1.29 is 14.6 Å². The fourth-order valence-corrected chi connectivity index (χ4v) is 1.69. The molecule has 0 aliphatic heterocycles. The predicted octanol–water partition coefficient (Wildman–Crippen LogP) is 2.15. The van der Waals surface area contributed by atoms with E-state index in [4.69, 9.17) is 15.6 Å². The highest BCUT2D eigenvalue weighted by atomic mass is 79.9. The molecule has 0 heterocycles. The molecule has 1 rings (SSSR count). The first kappa shape index (κ1) is 13.0. The SMILES string of the molecule is CCC(Oc1ccc(Br)cc1CN)C(=O)O. The lowest BCUT2D eigenvalue weighted by atomic mass is 10.2. The number of nitrogens with two attached hydrogens (primary N) is 1. The van der Waals surface area contributed by atoms with Crippen LogP contribution < -0.4 is 10.5 Å². The van der Waals surface area contributed by atoms with Crippen LogP contribution in [0.15, 0.2) is 22.7 Å². The minimum Gasteiger partial charge on any atom is -0.479 e. The minimum atomic E-state index is -0.964. The van der Waals surface area contributed by atoms with Crippen molar-refractivity contribution in [1.29, 1.82) is 0 Å². The number of halogens is 1. The van der Waals surface area contributed by atoms with E-state index in [1.165, 1.54) is 0 Å². The van der Waals surface area contributed by atoms with E-state index in [0.29, 0.717) is 18.7 Å². The number of benzene rings is 1.